The maximum Gasteiger partial charge on any atom is 0.174 e. The fraction of sp³-hybridized carbons (Fsp3) is 0.333. The summed E-state index contributed by atoms with van der Waals surface area (Å²) in [4.78, 5) is 6.95. The predicted molar refractivity (Wildman–Crippen MR) is 121 cm³/mol. The van der Waals surface area contributed by atoms with Crippen molar-refractivity contribution in [2.45, 2.75) is 50.7 Å². The molecule has 0 amide bonds. The van der Waals surface area contributed by atoms with Gasteiger partial charge >= 0.3 is 0 Å². The molecule has 2 aliphatic rings. The quantitative estimate of drug-likeness (QED) is 0.586. The Hall–Kier alpha value is -2.66. The van der Waals surface area contributed by atoms with Crippen LogP contribution in [-0.4, -0.2) is 14.7 Å². The highest BCUT2D eigenvalue weighted by atomic mass is 32.1. The number of thiocarbonyl (C=S) groups is 1. The number of benzene rings is 1. The molecular formula is C24H26N4S. The van der Waals surface area contributed by atoms with Crippen molar-refractivity contribution in [3.8, 4) is 0 Å². The van der Waals surface area contributed by atoms with Gasteiger partial charge in [0.1, 0.15) is 6.04 Å². The van der Waals surface area contributed by atoms with Crippen molar-refractivity contribution in [3.63, 3.8) is 0 Å². The molecule has 1 N–H and O–H groups in total. The zero-order chi connectivity index (χ0) is 19.8. The molecule has 0 bridgehead atoms. The van der Waals surface area contributed by atoms with Crippen LogP contribution in [0.15, 0.2) is 67.0 Å². The zero-order valence-corrected chi connectivity index (χ0v) is 17.5. The van der Waals surface area contributed by atoms with Crippen molar-refractivity contribution < 1.29 is 0 Å². The number of hydrogen-bond donors (Lipinski definition) is 1. The molecule has 2 atom stereocenters. The molecule has 5 heteroatoms. The molecular weight excluding hydrogens is 376 g/mol. The van der Waals surface area contributed by atoms with Crippen molar-refractivity contribution in [2.24, 2.45) is 0 Å². The van der Waals surface area contributed by atoms with Crippen LogP contribution in [0.25, 0.3) is 0 Å². The molecule has 0 unspecified atom stereocenters. The molecule has 1 saturated carbocycles. The van der Waals surface area contributed by atoms with Crippen LogP contribution in [0, 0.1) is 6.92 Å². The normalized spacial score (nSPS) is 22.2. The number of rotatable bonds is 4. The fourth-order valence-corrected chi connectivity index (χ4v) is 5.23. The summed E-state index contributed by atoms with van der Waals surface area (Å²) in [6, 6.07) is 19.8. The Kier molecular flexibility index (Phi) is 4.84. The van der Waals surface area contributed by atoms with Gasteiger partial charge in [0.2, 0.25) is 0 Å². The van der Waals surface area contributed by atoms with Gasteiger partial charge in [0.05, 0.1) is 11.7 Å². The van der Waals surface area contributed by atoms with Gasteiger partial charge in [-0.3, -0.25) is 4.98 Å². The average molecular weight is 403 g/mol. The monoisotopic (exact) mass is 402 g/mol. The number of anilines is 1. The van der Waals surface area contributed by atoms with E-state index in [1.165, 1.54) is 36.9 Å². The molecule has 4 nitrogen and oxygen atoms in total. The van der Waals surface area contributed by atoms with Gasteiger partial charge in [-0.25, -0.2) is 0 Å². The Labute approximate surface area is 177 Å². The lowest BCUT2D eigenvalue weighted by Crippen LogP contribution is -2.30. The zero-order valence-electron chi connectivity index (χ0n) is 16.7. The topological polar surface area (TPSA) is 33.1 Å². The van der Waals surface area contributed by atoms with Gasteiger partial charge in [-0.1, -0.05) is 31.0 Å². The molecule has 148 valence electrons. The van der Waals surface area contributed by atoms with Gasteiger partial charge in [0, 0.05) is 29.8 Å². The summed E-state index contributed by atoms with van der Waals surface area (Å²) in [6.45, 7) is 2.13. The highest BCUT2D eigenvalue weighted by molar-refractivity contribution is 7.80. The van der Waals surface area contributed by atoms with Crippen LogP contribution in [0.5, 0.6) is 0 Å². The van der Waals surface area contributed by atoms with Crippen LogP contribution < -0.4 is 10.2 Å². The van der Waals surface area contributed by atoms with Crippen molar-refractivity contribution in [3.05, 3.63) is 83.9 Å². The second-order valence-electron chi connectivity index (χ2n) is 8.11. The summed E-state index contributed by atoms with van der Waals surface area (Å²) in [5, 5.41) is 4.34. The van der Waals surface area contributed by atoms with E-state index in [2.05, 4.69) is 81.4 Å². The van der Waals surface area contributed by atoms with Crippen LogP contribution in [-0.2, 0) is 0 Å². The first-order valence-corrected chi connectivity index (χ1v) is 10.9. The van der Waals surface area contributed by atoms with Crippen LogP contribution in [0.2, 0.25) is 0 Å². The van der Waals surface area contributed by atoms with Crippen LogP contribution >= 0.6 is 12.2 Å². The predicted octanol–water partition coefficient (Wildman–Crippen LogP) is 5.48. The number of pyridine rings is 1. The molecule has 5 rings (SSSR count). The average Bonchev–Trinajstić information content (AvgIpc) is 3.47. The van der Waals surface area contributed by atoms with Crippen molar-refractivity contribution in [1.82, 2.24) is 14.9 Å². The molecule has 3 aromatic rings. The molecule has 2 aromatic heterocycles. The maximum atomic E-state index is 5.85. The maximum absolute atomic E-state index is 5.85. The Morgan fingerprint density at radius 3 is 2.66 bits per heavy atom. The third kappa shape index (κ3) is 3.33. The summed E-state index contributed by atoms with van der Waals surface area (Å²) in [5.74, 6) is 0. The lowest BCUT2D eigenvalue weighted by atomic mass is 10.00. The summed E-state index contributed by atoms with van der Waals surface area (Å²) in [5.41, 5.74) is 4.69. The van der Waals surface area contributed by atoms with Gasteiger partial charge in [-0.05, 0) is 73.9 Å². The lowest BCUT2D eigenvalue weighted by molar-refractivity contribution is 0.461. The number of aryl methyl sites for hydroxylation is 1. The molecule has 0 spiro atoms. The van der Waals surface area contributed by atoms with Gasteiger partial charge in [0.15, 0.2) is 5.11 Å². The molecule has 3 heterocycles. The summed E-state index contributed by atoms with van der Waals surface area (Å²) >= 11 is 5.85. The van der Waals surface area contributed by atoms with Gasteiger partial charge in [0.25, 0.3) is 0 Å². The van der Waals surface area contributed by atoms with Gasteiger partial charge < -0.3 is 14.8 Å². The van der Waals surface area contributed by atoms with Crippen LogP contribution in [0.4, 0.5) is 5.69 Å². The molecule has 1 aliphatic carbocycles. The first kappa shape index (κ1) is 18.4. The molecule has 0 radical (unpaired) electrons. The van der Waals surface area contributed by atoms with Crippen molar-refractivity contribution in [1.29, 1.82) is 0 Å². The van der Waals surface area contributed by atoms with Gasteiger partial charge in [-0.15, -0.1) is 0 Å². The number of nitrogens with zero attached hydrogens (tertiary/aromatic N) is 3. The SMILES string of the molecule is Cc1cccc(N2C(=S)N[C@H](c3ccccn3)[C@@H]2c2cccn2C2CCCC2)c1. The first-order chi connectivity index (χ1) is 14.2. The van der Waals surface area contributed by atoms with E-state index in [-0.39, 0.29) is 12.1 Å². The summed E-state index contributed by atoms with van der Waals surface area (Å²) in [6.07, 6.45) is 9.25. The molecule has 2 fully saturated rings. The lowest BCUT2D eigenvalue weighted by Gasteiger charge is -2.30. The second kappa shape index (κ2) is 7.64. The standard InChI is InChI=1S/C24H26N4S/c1-17-8-6-11-19(16-17)28-23(21-13-7-15-27(21)18-9-2-3-10-18)22(26-24(28)29)20-12-4-5-14-25-20/h4-8,11-16,18,22-23H,2-3,9-10H2,1H3,(H,26,29)/t22-,23+/m1/s1. The highest BCUT2D eigenvalue weighted by Gasteiger charge is 2.42. The largest absolute Gasteiger partial charge is 0.351 e. The van der Waals surface area contributed by atoms with E-state index in [1.807, 2.05) is 12.3 Å². The number of aromatic nitrogens is 2. The Balaban J connectivity index is 1.63. The smallest absolute Gasteiger partial charge is 0.174 e. The van der Waals surface area contributed by atoms with E-state index >= 15 is 0 Å². The van der Waals surface area contributed by atoms with E-state index in [0.717, 1.165) is 16.5 Å². The number of hydrogen-bond acceptors (Lipinski definition) is 2. The first-order valence-electron chi connectivity index (χ1n) is 10.5. The van der Waals surface area contributed by atoms with Crippen molar-refractivity contribution in [2.75, 3.05) is 4.90 Å². The Morgan fingerprint density at radius 1 is 1.03 bits per heavy atom. The minimum Gasteiger partial charge on any atom is -0.351 e. The minimum atomic E-state index is 0.0132. The van der Waals surface area contributed by atoms with Crippen molar-refractivity contribution >= 4 is 23.0 Å². The summed E-state index contributed by atoms with van der Waals surface area (Å²) < 4.78 is 2.49. The number of nitrogens with one attached hydrogen (secondary N) is 1. The Morgan fingerprint density at radius 2 is 1.90 bits per heavy atom. The fourth-order valence-electron chi connectivity index (χ4n) is 4.88. The highest BCUT2D eigenvalue weighted by Crippen LogP contribution is 2.43. The summed E-state index contributed by atoms with van der Waals surface area (Å²) in [7, 11) is 0. The van der Waals surface area contributed by atoms with E-state index in [1.54, 1.807) is 0 Å². The van der Waals surface area contributed by atoms with E-state index in [4.69, 9.17) is 12.2 Å². The Bertz CT molecular complexity index is 1010. The van der Waals surface area contributed by atoms with Gasteiger partial charge in [-0.2, -0.15) is 0 Å². The second-order valence-corrected chi connectivity index (χ2v) is 8.50. The van der Waals surface area contributed by atoms with E-state index < -0.39 is 0 Å². The third-order valence-corrected chi connectivity index (χ3v) is 6.53. The van der Waals surface area contributed by atoms with Crippen LogP contribution in [0.3, 0.4) is 0 Å². The molecule has 1 aliphatic heterocycles. The minimum absolute atomic E-state index is 0.0132. The molecule has 1 aromatic carbocycles. The molecule has 1 saturated heterocycles. The third-order valence-electron chi connectivity index (χ3n) is 6.21. The van der Waals surface area contributed by atoms with Crippen LogP contribution in [0.1, 0.15) is 60.8 Å². The van der Waals surface area contributed by atoms with E-state index in [9.17, 15) is 0 Å². The van der Waals surface area contributed by atoms with E-state index in [0.29, 0.717) is 6.04 Å². The molecule has 29 heavy (non-hydrogen) atoms.